The third kappa shape index (κ3) is 2.00. The van der Waals surface area contributed by atoms with Gasteiger partial charge in [-0.15, -0.1) is 0 Å². The van der Waals surface area contributed by atoms with Gasteiger partial charge in [0.1, 0.15) is 0 Å². The number of hydrogen-bond acceptors (Lipinski definition) is 4. The molecule has 0 saturated heterocycles. The summed E-state index contributed by atoms with van der Waals surface area (Å²) in [5.74, 6) is 0. The molecule has 72 valence electrons. The maximum atomic E-state index is 10.8. The van der Waals surface area contributed by atoms with Crippen LogP contribution in [-0.4, -0.2) is 9.36 Å². The van der Waals surface area contributed by atoms with Gasteiger partial charge in [-0.3, -0.25) is 4.37 Å². The highest BCUT2D eigenvalue weighted by Gasteiger charge is 1.98. The Morgan fingerprint density at radius 3 is 3.00 bits per heavy atom. The molecular weight excluding hydrogens is 198 g/mol. The molecule has 1 heterocycles. The van der Waals surface area contributed by atoms with Crippen molar-refractivity contribution in [2.45, 2.75) is 6.92 Å². The minimum atomic E-state index is -0.315. The van der Waals surface area contributed by atoms with Crippen molar-refractivity contribution in [2.75, 3.05) is 5.32 Å². The minimum Gasteiger partial charge on any atom is -0.330 e. The number of anilines is 2. The van der Waals surface area contributed by atoms with E-state index in [4.69, 9.17) is 0 Å². The summed E-state index contributed by atoms with van der Waals surface area (Å²) in [4.78, 5) is 14.5. The Morgan fingerprint density at radius 2 is 2.36 bits per heavy atom. The molecule has 0 fully saturated rings. The first kappa shape index (κ1) is 8.96. The lowest BCUT2D eigenvalue weighted by molar-refractivity contribution is 1.21. The van der Waals surface area contributed by atoms with Crippen molar-refractivity contribution in [3.63, 3.8) is 0 Å². The van der Waals surface area contributed by atoms with Gasteiger partial charge in [-0.25, -0.2) is 4.79 Å². The molecule has 0 atom stereocenters. The van der Waals surface area contributed by atoms with Crippen molar-refractivity contribution in [1.29, 1.82) is 0 Å². The van der Waals surface area contributed by atoms with Gasteiger partial charge in [0, 0.05) is 5.69 Å². The molecule has 2 N–H and O–H groups in total. The molecule has 0 aliphatic rings. The molecule has 2 rings (SSSR count). The topological polar surface area (TPSA) is 57.8 Å². The van der Waals surface area contributed by atoms with E-state index < -0.39 is 0 Å². The van der Waals surface area contributed by atoms with Gasteiger partial charge in [-0.1, -0.05) is 12.1 Å². The normalized spacial score (nSPS) is 10.1. The highest BCUT2D eigenvalue weighted by molar-refractivity contribution is 7.09. The van der Waals surface area contributed by atoms with Gasteiger partial charge in [0.05, 0.1) is 0 Å². The summed E-state index contributed by atoms with van der Waals surface area (Å²) in [6.45, 7) is 2.01. The third-order valence-electron chi connectivity index (χ3n) is 1.71. The summed E-state index contributed by atoms with van der Waals surface area (Å²) in [5.41, 5.74) is 1.79. The molecule has 0 amide bonds. The molecule has 0 spiro atoms. The zero-order chi connectivity index (χ0) is 9.97. The molecule has 1 aromatic carbocycles. The smallest absolute Gasteiger partial charge is 0.330 e. The zero-order valence-electron chi connectivity index (χ0n) is 7.57. The predicted octanol–water partition coefficient (Wildman–Crippen LogP) is 1.88. The SMILES string of the molecule is Cc1cccc(Nc2nc(=O)[nH]s2)c1. The molecular formula is C9H9N3OS. The molecule has 2 aromatic rings. The third-order valence-corrected chi connectivity index (χ3v) is 2.37. The second kappa shape index (κ2) is 3.63. The van der Waals surface area contributed by atoms with Crippen LogP contribution in [-0.2, 0) is 0 Å². The number of rotatable bonds is 2. The molecule has 0 aliphatic heterocycles. The fourth-order valence-corrected chi connectivity index (χ4v) is 1.66. The van der Waals surface area contributed by atoms with Crippen molar-refractivity contribution in [3.8, 4) is 0 Å². The van der Waals surface area contributed by atoms with Crippen LogP contribution in [0.1, 0.15) is 5.56 Å². The van der Waals surface area contributed by atoms with Crippen molar-refractivity contribution >= 4 is 22.4 Å². The van der Waals surface area contributed by atoms with Crippen molar-refractivity contribution in [3.05, 3.63) is 40.3 Å². The van der Waals surface area contributed by atoms with E-state index in [1.165, 1.54) is 11.5 Å². The number of nitrogens with zero attached hydrogens (tertiary/aromatic N) is 1. The summed E-state index contributed by atoms with van der Waals surface area (Å²) in [7, 11) is 0. The quantitative estimate of drug-likeness (QED) is 0.790. The number of nitrogens with one attached hydrogen (secondary N) is 2. The maximum Gasteiger partial charge on any atom is 0.357 e. The van der Waals surface area contributed by atoms with E-state index in [9.17, 15) is 4.79 Å². The number of aryl methyl sites for hydroxylation is 1. The first-order valence-corrected chi connectivity index (χ1v) is 4.95. The molecule has 0 aliphatic carbocycles. The van der Waals surface area contributed by atoms with E-state index in [1.54, 1.807) is 0 Å². The van der Waals surface area contributed by atoms with E-state index in [0.717, 1.165) is 11.3 Å². The molecule has 0 saturated carbocycles. The van der Waals surface area contributed by atoms with E-state index >= 15 is 0 Å². The van der Waals surface area contributed by atoms with Gasteiger partial charge in [-0.05, 0) is 36.2 Å². The lowest BCUT2D eigenvalue weighted by Gasteiger charge is -2.01. The van der Waals surface area contributed by atoms with E-state index in [-0.39, 0.29) is 5.69 Å². The van der Waals surface area contributed by atoms with Crippen LogP contribution in [0.4, 0.5) is 10.8 Å². The Kier molecular flexibility index (Phi) is 2.32. The van der Waals surface area contributed by atoms with E-state index in [0.29, 0.717) is 5.13 Å². The lowest BCUT2D eigenvalue weighted by Crippen LogP contribution is -2.01. The molecule has 0 radical (unpaired) electrons. The first-order valence-electron chi connectivity index (χ1n) is 4.13. The second-order valence-electron chi connectivity index (χ2n) is 2.92. The van der Waals surface area contributed by atoms with E-state index in [2.05, 4.69) is 14.7 Å². The Hall–Kier alpha value is -1.62. The van der Waals surface area contributed by atoms with Crippen LogP contribution in [0.15, 0.2) is 29.1 Å². The molecule has 0 unspecified atom stereocenters. The van der Waals surface area contributed by atoms with Gasteiger partial charge < -0.3 is 5.32 Å². The van der Waals surface area contributed by atoms with Crippen LogP contribution < -0.4 is 11.0 Å². The van der Waals surface area contributed by atoms with E-state index in [1.807, 2.05) is 31.2 Å². The number of aromatic nitrogens is 2. The van der Waals surface area contributed by atoms with Gasteiger partial charge in [0.2, 0.25) is 5.13 Å². The second-order valence-corrected chi connectivity index (χ2v) is 3.72. The average Bonchev–Trinajstić information content (AvgIpc) is 2.51. The first-order chi connectivity index (χ1) is 6.74. The highest BCUT2D eigenvalue weighted by atomic mass is 32.1. The van der Waals surface area contributed by atoms with Crippen LogP contribution in [0.3, 0.4) is 0 Å². The van der Waals surface area contributed by atoms with Gasteiger partial charge in [0.15, 0.2) is 0 Å². The van der Waals surface area contributed by atoms with Crippen LogP contribution in [0.2, 0.25) is 0 Å². The highest BCUT2D eigenvalue weighted by Crippen LogP contribution is 2.16. The Balaban J connectivity index is 2.22. The van der Waals surface area contributed by atoms with Crippen LogP contribution in [0.25, 0.3) is 0 Å². The molecule has 0 bridgehead atoms. The maximum absolute atomic E-state index is 10.8. The Morgan fingerprint density at radius 1 is 1.50 bits per heavy atom. The van der Waals surface area contributed by atoms with Crippen LogP contribution in [0.5, 0.6) is 0 Å². The number of hydrogen-bond donors (Lipinski definition) is 2. The summed E-state index contributed by atoms with van der Waals surface area (Å²) in [6, 6.07) is 7.88. The van der Waals surface area contributed by atoms with Gasteiger partial charge in [0.25, 0.3) is 0 Å². The summed E-state index contributed by atoms with van der Waals surface area (Å²) >= 11 is 1.19. The van der Waals surface area contributed by atoms with Crippen molar-refractivity contribution in [1.82, 2.24) is 9.36 Å². The fourth-order valence-electron chi connectivity index (χ4n) is 1.13. The number of aromatic amines is 1. The lowest BCUT2D eigenvalue weighted by atomic mass is 10.2. The predicted molar refractivity (Wildman–Crippen MR) is 57.2 cm³/mol. The summed E-state index contributed by atoms with van der Waals surface area (Å²) in [5, 5.41) is 3.63. The minimum absolute atomic E-state index is 0.315. The monoisotopic (exact) mass is 207 g/mol. The number of benzene rings is 1. The fraction of sp³-hybridized carbons (Fsp3) is 0.111. The van der Waals surface area contributed by atoms with Gasteiger partial charge in [-0.2, -0.15) is 4.98 Å². The molecule has 1 aromatic heterocycles. The average molecular weight is 207 g/mol. The van der Waals surface area contributed by atoms with Crippen molar-refractivity contribution < 1.29 is 0 Å². The van der Waals surface area contributed by atoms with Crippen molar-refractivity contribution in [2.24, 2.45) is 0 Å². The summed E-state index contributed by atoms with van der Waals surface area (Å²) in [6.07, 6.45) is 0. The van der Waals surface area contributed by atoms with Crippen LogP contribution in [0, 0.1) is 6.92 Å². The largest absolute Gasteiger partial charge is 0.357 e. The molecule has 5 heteroatoms. The Labute approximate surface area is 84.8 Å². The molecule has 4 nitrogen and oxygen atoms in total. The van der Waals surface area contributed by atoms with Gasteiger partial charge >= 0.3 is 5.69 Å². The zero-order valence-corrected chi connectivity index (χ0v) is 8.39. The Bertz CT molecular complexity index is 489. The van der Waals surface area contributed by atoms with Crippen LogP contribution >= 0.6 is 11.5 Å². The molecule has 14 heavy (non-hydrogen) atoms. The standard InChI is InChI=1S/C9H9N3OS/c1-6-3-2-4-7(5-6)10-9-11-8(13)12-14-9/h2-5H,1H3,(H2,10,11,12,13). The summed E-state index contributed by atoms with van der Waals surface area (Å²) < 4.78 is 2.52. The number of H-pyrrole nitrogens is 1.